The highest BCUT2D eigenvalue weighted by Gasteiger charge is 2.25. The Labute approximate surface area is 146 Å². The Hall–Kier alpha value is -2.71. The Morgan fingerprint density at radius 1 is 1.48 bits per heavy atom. The number of halogens is 1. The zero-order valence-corrected chi connectivity index (χ0v) is 14.5. The van der Waals surface area contributed by atoms with Gasteiger partial charge in [0.2, 0.25) is 0 Å². The van der Waals surface area contributed by atoms with Crippen LogP contribution in [0.4, 0.5) is 10.2 Å². The molecule has 0 saturated carbocycles. The maximum Gasteiger partial charge on any atom is 0.191 e. The van der Waals surface area contributed by atoms with E-state index in [4.69, 9.17) is 0 Å². The van der Waals surface area contributed by atoms with Crippen molar-refractivity contribution in [2.24, 2.45) is 4.99 Å². The molecule has 25 heavy (non-hydrogen) atoms. The molecule has 8 nitrogen and oxygen atoms in total. The molecule has 1 saturated heterocycles. The number of guanidine groups is 1. The first-order valence-electron chi connectivity index (χ1n) is 8.40. The van der Waals surface area contributed by atoms with E-state index < -0.39 is 0 Å². The molecule has 9 heteroatoms. The van der Waals surface area contributed by atoms with Crippen LogP contribution in [0.1, 0.15) is 19.2 Å². The first-order chi connectivity index (χ1) is 12.2. The average Bonchev–Trinajstić information content (AvgIpc) is 3.28. The average molecular weight is 346 g/mol. The van der Waals surface area contributed by atoms with Crippen LogP contribution < -0.4 is 15.5 Å². The summed E-state index contributed by atoms with van der Waals surface area (Å²) < 4.78 is 15.8. The van der Waals surface area contributed by atoms with Gasteiger partial charge >= 0.3 is 0 Å². The van der Waals surface area contributed by atoms with Gasteiger partial charge in [-0.25, -0.2) is 9.37 Å². The number of rotatable bonds is 5. The monoisotopic (exact) mass is 346 g/mol. The van der Waals surface area contributed by atoms with Gasteiger partial charge in [-0.2, -0.15) is 0 Å². The fourth-order valence-electron chi connectivity index (χ4n) is 2.91. The van der Waals surface area contributed by atoms with Gasteiger partial charge in [-0.3, -0.25) is 4.99 Å². The molecule has 1 unspecified atom stereocenters. The standard InChI is InChI=1S/C16H23FN8/c1-3-24-11-21-23-14(24)9-20-16(18-2)22-12-6-8-25(10-12)15-13(17)5-4-7-19-15/h4-5,7,11-12H,3,6,8-10H2,1-2H3,(H2,18,20,22). The van der Waals surface area contributed by atoms with Crippen LogP contribution in [0.3, 0.4) is 0 Å². The van der Waals surface area contributed by atoms with E-state index in [1.165, 1.54) is 6.07 Å². The second-order valence-corrected chi connectivity index (χ2v) is 5.84. The fourth-order valence-corrected chi connectivity index (χ4v) is 2.91. The number of aryl methyl sites for hydroxylation is 1. The normalized spacial score (nSPS) is 17.8. The highest BCUT2D eigenvalue weighted by molar-refractivity contribution is 5.80. The highest BCUT2D eigenvalue weighted by atomic mass is 19.1. The van der Waals surface area contributed by atoms with Gasteiger partial charge in [0, 0.05) is 38.9 Å². The maximum atomic E-state index is 13.9. The van der Waals surface area contributed by atoms with E-state index in [1.54, 1.807) is 25.6 Å². The van der Waals surface area contributed by atoms with Crippen LogP contribution in [0, 0.1) is 5.82 Å². The zero-order valence-electron chi connectivity index (χ0n) is 14.5. The number of pyridine rings is 1. The number of hydrogen-bond donors (Lipinski definition) is 2. The quantitative estimate of drug-likeness (QED) is 0.615. The van der Waals surface area contributed by atoms with Gasteiger partial charge in [-0.15, -0.1) is 10.2 Å². The molecule has 2 N–H and O–H groups in total. The molecule has 134 valence electrons. The minimum Gasteiger partial charge on any atom is -0.352 e. The number of anilines is 1. The van der Waals surface area contributed by atoms with E-state index in [-0.39, 0.29) is 11.9 Å². The first kappa shape index (κ1) is 17.1. The van der Waals surface area contributed by atoms with E-state index in [1.807, 2.05) is 16.4 Å². The van der Waals surface area contributed by atoms with Crippen molar-refractivity contribution in [2.45, 2.75) is 32.5 Å². The van der Waals surface area contributed by atoms with E-state index in [2.05, 4.69) is 30.8 Å². The van der Waals surface area contributed by atoms with Crippen LogP contribution >= 0.6 is 0 Å². The van der Waals surface area contributed by atoms with Gasteiger partial charge < -0.3 is 20.1 Å². The van der Waals surface area contributed by atoms with Gasteiger partial charge in [-0.1, -0.05) is 0 Å². The predicted molar refractivity (Wildman–Crippen MR) is 93.8 cm³/mol. The molecule has 0 bridgehead atoms. The summed E-state index contributed by atoms with van der Waals surface area (Å²) in [5.41, 5.74) is 0. The fraction of sp³-hybridized carbons (Fsp3) is 0.500. The molecule has 0 amide bonds. The molecule has 1 aliphatic heterocycles. The van der Waals surface area contributed by atoms with Crippen molar-refractivity contribution in [2.75, 3.05) is 25.0 Å². The summed E-state index contributed by atoms with van der Waals surface area (Å²) in [4.78, 5) is 10.3. The summed E-state index contributed by atoms with van der Waals surface area (Å²) in [6.07, 6.45) is 4.22. The Balaban J connectivity index is 1.54. The van der Waals surface area contributed by atoms with Crippen molar-refractivity contribution in [1.29, 1.82) is 0 Å². The third-order valence-electron chi connectivity index (χ3n) is 4.24. The van der Waals surface area contributed by atoms with Crippen LogP contribution in [0.5, 0.6) is 0 Å². The van der Waals surface area contributed by atoms with E-state index in [9.17, 15) is 4.39 Å². The largest absolute Gasteiger partial charge is 0.352 e. The van der Waals surface area contributed by atoms with Crippen molar-refractivity contribution >= 4 is 11.8 Å². The number of aliphatic imine (C=N–C) groups is 1. The number of nitrogens with zero attached hydrogens (tertiary/aromatic N) is 6. The van der Waals surface area contributed by atoms with E-state index >= 15 is 0 Å². The molecule has 1 atom stereocenters. The second-order valence-electron chi connectivity index (χ2n) is 5.84. The van der Waals surface area contributed by atoms with Gasteiger partial charge in [0.25, 0.3) is 0 Å². The van der Waals surface area contributed by atoms with Crippen molar-refractivity contribution in [3.8, 4) is 0 Å². The molecule has 0 radical (unpaired) electrons. The smallest absolute Gasteiger partial charge is 0.191 e. The Morgan fingerprint density at radius 2 is 2.36 bits per heavy atom. The molecule has 3 heterocycles. The van der Waals surface area contributed by atoms with Crippen LogP contribution in [-0.2, 0) is 13.1 Å². The lowest BCUT2D eigenvalue weighted by Crippen LogP contribution is -2.44. The Kier molecular flexibility index (Phi) is 5.42. The maximum absolute atomic E-state index is 13.9. The molecular weight excluding hydrogens is 323 g/mol. The third kappa shape index (κ3) is 4.04. The summed E-state index contributed by atoms with van der Waals surface area (Å²) >= 11 is 0. The number of aromatic nitrogens is 4. The van der Waals surface area contributed by atoms with E-state index in [0.717, 1.165) is 25.3 Å². The van der Waals surface area contributed by atoms with Crippen molar-refractivity contribution < 1.29 is 4.39 Å². The predicted octanol–water partition coefficient (Wildman–Crippen LogP) is 0.776. The summed E-state index contributed by atoms with van der Waals surface area (Å²) in [5.74, 6) is 1.67. The lowest BCUT2D eigenvalue weighted by atomic mass is 10.3. The van der Waals surface area contributed by atoms with Crippen LogP contribution in [-0.4, -0.2) is 51.9 Å². The first-order valence-corrected chi connectivity index (χ1v) is 8.40. The van der Waals surface area contributed by atoms with E-state index in [0.29, 0.717) is 24.9 Å². The minimum atomic E-state index is -0.287. The molecule has 0 aliphatic carbocycles. The molecule has 0 spiro atoms. The van der Waals surface area contributed by atoms with Gasteiger partial charge in [0.05, 0.1) is 6.54 Å². The second kappa shape index (κ2) is 7.91. The van der Waals surface area contributed by atoms with Crippen LogP contribution in [0.15, 0.2) is 29.6 Å². The topological polar surface area (TPSA) is 83.3 Å². The zero-order chi connectivity index (χ0) is 17.6. The van der Waals surface area contributed by atoms with Gasteiger partial charge in [0.15, 0.2) is 23.4 Å². The summed E-state index contributed by atoms with van der Waals surface area (Å²) in [6.45, 7) is 4.85. The minimum absolute atomic E-state index is 0.177. The Bertz CT molecular complexity index is 728. The summed E-state index contributed by atoms with van der Waals surface area (Å²) in [5, 5.41) is 14.6. The lowest BCUT2D eigenvalue weighted by molar-refractivity contribution is 0.611. The summed E-state index contributed by atoms with van der Waals surface area (Å²) in [6, 6.07) is 3.22. The Morgan fingerprint density at radius 3 is 3.12 bits per heavy atom. The van der Waals surface area contributed by atoms with Crippen molar-refractivity contribution in [3.05, 3.63) is 36.3 Å². The third-order valence-corrected chi connectivity index (χ3v) is 4.24. The SMILES string of the molecule is CCn1cnnc1CNC(=NC)NC1CCN(c2ncccc2F)C1. The van der Waals surface area contributed by atoms with Gasteiger partial charge in [-0.05, 0) is 25.5 Å². The van der Waals surface area contributed by atoms with Crippen LogP contribution in [0.25, 0.3) is 0 Å². The molecule has 1 fully saturated rings. The molecular formula is C16H23FN8. The van der Waals surface area contributed by atoms with Crippen molar-refractivity contribution in [3.63, 3.8) is 0 Å². The molecule has 3 rings (SSSR count). The molecule has 2 aromatic heterocycles. The summed E-state index contributed by atoms with van der Waals surface area (Å²) in [7, 11) is 1.73. The van der Waals surface area contributed by atoms with Gasteiger partial charge in [0.1, 0.15) is 6.33 Å². The number of nitrogens with one attached hydrogen (secondary N) is 2. The number of hydrogen-bond acceptors (Lipinski definition) is 5. The van der Waals surface area contributed by atoms with Crippen molar-refractivity contribution in [1.82, 2.24) is 30.4 Å². The molecule has 2 aromatic rings. The lowest BCUT2D eigenvalue weighted by Gasteiger charge is -2.19. The molecule has 1 aliphatic rings. The molecule has 0 aromatic carbocycles. The highest BCUT2D eigenvalue weighted by Crippen LogP contribution is 2.20. The van der Waals surface area contributed by atoms with Crippen LogP contribution in [0.2, 0.25) is 0 Å².